The maximum atomic E-state index is 14.4. The first-order valence-electron chi connectivity index (χ1n) is 12.5. The molecule has 6 rings (SSSR count). The second kappa shape index (κ2) is 10.5. The molecule has 2 aromatic heterocycles. The molecule has 2 N–H and O–H groups in total. The van der Waals surface area contributed by atoms with Gasteiger partial charge in [-0.05, 0) is 37.1 Å². The SMILES string of the molecule is Fc1cc(F)c(Nc2nn(C3CCOCC3)c3nc(Nc4ccc(N5CCOCC5)cc4)ncc23)c(F)c1. The highest BCUT2D eigenvalue weighted by Gasteiger charge is 2.24. The fraction of sp³-hybridized carbons (Fsp3) is 0.346. The lowest BCUT2D eigenvalue weighted by atomic mass is 10.1. The predicted octanol–water partition coefficient (Wildman–Crippen LogP) is 4.92. The number of hydrogen-bond donors (Lipinski definition) is 2. The first kappa shape index (κ1) is 24.4. The molecule has 198 valence electrons. The van der Waals surface area contributed by atoms with Crippen LogP contribution < -0.4 is 15.5 Å². The van der Waals surface area contributed by atoms with Crippen LogP contribution in [0.15, 0.2) is 42.6 Å². The fourth-order valence-corrected chi connectivity index (χ4v) is 4.75. The third-order valence-electron chi connectivity index (χ3n) is 6.74. The third-order valence-corrected chi connectivity index (χ3v) is 6.74. The molecule has 0 aliphatic carbocycles. The standard InChI is InChI=1S/C26H26F3N7O2/c27-16-13-21(28)23(22(29)14-16)32-24-20-15-30-26(33-25(20)36(34-24)19-5-9-37-10-6-19)31-17-1-3-18(4-2-17)35-7-11-38-12-8-35/h1-4,13-15,19H,5-12H2,(H,32,34)(H,30,31,33). The number of anilines is 5. The first-order valence-corrected chi connectivity index (χ1v) is 12.5. The maximum absolute atomic E-state index is 14.4. The Labute approximate surface area is 216 Å². The lowest BCUT2D eigenvalue weighted by Crippen LogP contribution is -2.36. The van der Waals surface area contributed by atoms with Crippen molar-refractivity contribution >= 4 is 39.9 Å². The van der Waals surface area contributed by atoms with E-state index in [0.29, 0.717) is 68.4 Å². The highest BCUT2D eigenvalue weighted by atomic mass is 19.1. The Balaban J connectivity index is 1.31. The van der Waals surface area contributed by atoms with Crippen molar-refractivity contribution in [3.63, 3.8) is 0 Å². The first-order chi connectivity index (χ1) is 18.5. The zero-order valence-electron chi connectivity index (χ0n) is 20.5. The number of morpholine rings is 1. The number of nitrogens with zero attached hydrogens (tertiary/aromatic N) is 5. The van der Waals surface area contributed by atoms with Crippen LogP contribution in [0.1, 0.15) is 18.9 Å². The van der Waals surface area contributed by atoms with Gasteiger partial charge in [0, 0.05) is 56.0 Å². The minimum atomic E-state index is -1.06. The Morgan fingerprint density at radius 1 is 0.868 bits per heavy atom. The number of ether oxygens (including phenoxy) is 2. The van der Waals surface area contributed by atoms with Gasteiger partial charge >= 0.3 is 0 Å². The normalized spacial score (nSPS) is 16.7. The van der Waals surface area contributed by atoms with Crippen LogP contribution in [0.5, 0.6) is 0 Å². The van der Waals surface area contributed by atoms with Crippen molar-refractivity contribution in [2.24, 2.45) is 0 Å². The second-order valence-electron chi connectivity index (χ2n) is 9.21. The number of nitrogens with one attached hydrogen (secondary N) is 2. The van der Waals surface area contributed by atoms with E-state index in [4.69, 9.17) is 14.5 Å². The van der Waals surface area contributed by atoms with Crippen molar-refractivity contribution in [2.75, 3.05) is 55.1 Å². The molecule has 2 fully saturated rings. The van der Waals surface area contributed by atoms with E-state index in [9.17, 15) is 13.2 Å². The summed E-state index contributed by atoms with van der Waals surface area (Å²) in [5, 5.41) is 11.0. The van der Waals surface area contributed by atoms with Crippen LogP contribution in [0.25, 0.3) is 11.0 Å². The van der Waals surface area contributed by atoms with Gasteiger partial charge in [-0.15, -0.1) is 0 Å². The van der Waals surface area contributed by atoms with E-state index in [0.717, 1.165) is 24.5 Å². The lowest BCUT2D eigenvalue weighted by Gasteiger charge is -2.28. The van der Waals surface area contributed by atoms with Gasteiger partial charge in [0.25, 0.3) is 0 Å². The molecule has 0 amide bonds. The summed E-state index contributed by atoms with van der Waals surface area (Å²) in [6, 6.07) is 9.21. The molecule has 4 heterocycles. The Bertz CT molecular complexity index is 1410. The van der Waals surface area contributed by atoms with Gasteiger partial charge in [-0.3, -0.25) is 0 Å². The van der Waals surface area contributed by atoms with E-state index in [1.54, 1.807) is 10.9 Å². The zero-order chi connectivity index (χ0) is 26.1. The van der Waals surface area contributed by atoms with E-state index >= 15 is 0 Å². The molecule has 12 heteroatoms. The summed E-state index contributed by atoms with van der Waals surface area (Å²) in [5.41, 5.74) is 1.94. The minimum Gasteiger partial charge on any atom is -0.381 e. The summed E-state index contributed by atoms with van der Waals surface area (Å²) < 4.78 is 54.8. The van der Waals surface area contributed by atoms with Crippen LogP contribution in [0.2, 0.25) is 0 Å². The van der Waals surface area contributed by atoms with Crippen LogP contribution in [-0.4, -0.2) is 59.3 Å². The fourth-order valence-electron chi connectivity index (χ4n) is 4.75. The van der Waals surface area contributed by atoms with Crippen molar-refractivity contribution in [3.05, 3.63) is 60.0 Å². The average molecular weight is 526 g/mol. The van der Waals surface area contributed by atoms with Gasteiger partial charge in [-0.2, -0.15) is 10.1 Å². The van der Waals surface area contributed by atoms with Crippen LogP contribution in [-0.2, 0) is 9.47 Å². The molecule has 0 spiro atoms. The van der Waals surface area contributed by atoms with Gasteiger partial charge < -0.3 is 25.0 Å². The van der Waals surface area contributed by atoms with Crippen molar-refractivity contribution in [3.8, 4) is 0 Å². The van der Waals surface area contributed by atoms with Crippen molar-refractivity contribution < 1.29 is 22.6 Å². The van der Waals surface area contributed by atoms with Gasteiger partial charge in [-0.25, -0.2) is 22.8 Å². The average Bonchev–Trinajstić information content (AvgIpc) is 3.29. The number of hydrogen-bond acceptors (Lipinski definition) is 8. The smallest absolute Gasteiger partial charge is 0.229 e. The summed E-state index contributed by atoms with van der Waals surface area (Å²) in [4.78, 5) is 11.4. The molecule has 2 aliphatic rings. The highest BCUT2D eigenvalue weighted by Crippen LogP contribution is 2.33. The number of rotatable bonds is 6. The van der Waals surface area contributed by atoms with E-state index in [1.807, 2.05) is 24.3 Å². The highest BCUT2D eigenvalue weighted by molar-refractivity contribution is 5.90. The van der Waals surface area contributed by atoms with Gasteiger partial charge in [-0.1, -0.05) is 0 Å². The zero-order valence-corrected chi connectivity index (χ0v) is 20.5. The number of halogens is 3. The molecule has 2 aliphatic heterocycles. The Kier molecular flexibility index (Phi) is 6.73. The maximum Gasteiger partial charge on any atom is 0.229 e. The minimum absolute atomic E-state index is 0.0136. The van der Waals surface area contributed by atoms with Gasteiger partial charge in [0.05, 0.1) is 24.6 Å². The molecule has 4 aromatic rings. The van der Waals surface area contributed by atoms with E-state index < -0.39 is 23.1 Å². The van der Waals surface area contributed by atoms with Crippen LogP contribution >= 0.6 is 0 Å². The van der Waals surface area contributed by atoms with E-state index in [-0.39, 0.29) is 11.9 Å². The van der Waals surface area contributed by atoms with Crippen molar-refractivity contribution in [2.45, 2.75) is 18.9 Å². The molecule has 2 saturated heterocycles. The number of fused-ring (bicyclic) bond motifs is 1. The summed E-state index contributed by atoms with van der Waals surface area (Å²) in [6.45, 7) is 4.27. The van der Waals surface area contributed by atoms with Gasteiger partial charge in [0.1, 0.15) is 11.5 Å². The van der Waals surface area contributed by atoms with Crippen molar-refractivity contribution in [1.82, 2.24) is 19.7 Å². The van der Waals surface area contributed by atoms with E-state index in [2.05, 4.69) is 25.6 Å². The third kappa shape index (κ3) is 4.96. The van der Waals surface area contributed by atoms with Gasteiger partial charge in [0.15, 0.2) is 23.1 Å². The second-order valence-corrected chi connectivity index (χ2v) is 9.21. The molecule has 0 unspecified atom stereocenters. The quantitative estimate of drug-likeness (QED) is 0.367. The van der Waals surface area contributed by atoms with E-state index in [1.165, 1.54) is 0 Å². The summed E-state index contributed by atoms with van der Waals surface area (Å²) in [6.07, 6.45) is 2.98. The molecule has 9 nitrogen and oxygen atoms in total. The monoisotopic (exact) mass is 525 g/mol. The Hall–Kier alpha value is -3.90. The molecule has 38 heavy (non-hydrogen) atoms. The van der Waals surface area contributed by atoms with Crippen LogP contribution in [0.4, 0.5) is 42.0 Å². The summed E-state index contributed by atoms with van der Waals surface area (Å²) >= 11 is 0. The van der Waals surface area contributed by atoms with Crippen molar-refractivity contribution in [1.29, 1.82) is 0 Å². The largest absolute Gasteiger partial charge is 0.381 e. The lowest BCUT2D eigenvalue weighted by molar-refractivity contribution is 0.0674. The Morgan fingerprint density at radius 3 is 2.26 bits per heavy atom. The summed E-state index contributed by atoms with van der Waals surface area (Å²) in [7, 11) is 0. The number of benzene rings is 2. The molecular formula is C26H26F3N7O2. The molecular weight excluding hydrogens is 499 g/mol. The van der Waals surface area contributed by atoms with Crippen LogP contribution in [0.3, 0.4) is 0 Å². The topological polar surface area (TPSA) is 89.4 Å². The number of aromatic nitrogens is 4. The molecule has 0 saturated carbocycles. The molecule has 0 atom stereocenters. The molecule has 0 radical (unpaired) electrons. The molecule has 2 aromatic carbocycles. The summed E-state index contributed by atoms with van der Waals surface area (Å²) in [5.74, 6) is -2.58. The van der Waals surface area contributed by atoms with Crippen LogP contribution in [0, 0.1) is 17.5 Å². The van der Waals surface area contributed by atoms with Gasteiger partial charge in [0.2, 0.25) is 5.95 Å². The predicted molar refractivity (Wildman–Crippen MR) is 137 cm³/mol. The Morgan fingerprint density at radius 2 is 1.55 bits per heavy atom. The molecule has 0 bridgehead atoms.